The second kappa shape index (κ2) is 4.93. The molecule has 20 heavy (non-hydrogen) atoms. The lowest BCUT2D eigenvalue weighted by Gasteiger charge is -2.40. The van der Waals surface area contributed by atoms with Crippen molar-refractivity contribution in [3.8, 4) is 0 Å². The van der Waals surface area contributed by atoms with Crippen LogP contribution < -0.4 is 0 Å². The van der Waals surface area contributed by atoms with Crippen molar-refractivity contribution in [1.29, 1.82) is 0 Å². The largest absolute Gasteiger partial charge is 0.464 e. The van der Waals surface area contributed by atoms with E-state index in [4.69, 9.17) is 4.74 Å². The molecule has 1 aliphatic carbocycles. The van der Waals surface area contributed by atoms with Gasteiger partial charge in [0.2, 0.25) is 0 Å². The van der Waals surface area contributed by atoms with Crippen LogP contribution in [0.3, 0.4) is 0 Å². The molecule has 2 atom stereocenters. The number of hydrogen-bond acceptors (Lipinski definition) is 2. The summed E-state index contributed by atoms with van der Waals surface area (Å²) in [6, 6.07) is 10.4. The molecule has 1 aliphatic heterocycles. The highest BCUT2D eigenvalue weighted by Gasteiger charge is 2.45. The first-order chi connectivity index (χ1) is 9.61. The zero-order chi connectivity index (χ0) is 14.2. The molecule has 3 rings (SSSR count). The number of esters is 1. The van der Waals surface area contributed by atoms with E-state index < -0.39 is 5.41 Å². The van der Waals surface area contributed by atoms with E-state index in [1.54, 1.807) is 0 Å². The van der Waals surface area contributed by atoms with Gasteiger partial charge in [0.05, 0.1) is 6.61 Å². The summed E-state index contributed by atoms with van der Waals surface area (Å²) in [6.45, 7) is 4.64. The monoisotopic (exact) mass is 268 g/mol. The van der Waals surface area contributed by atoms with E-state index in [1.165, 1.54) is 16.7 Å². The first-order valence-corrected chi connectivity index (χ1v) is 7.20. The Bertz CT molecular complexity index is 583. The number of rotatable bonds is 2. The van der Waals surface area contributed by atoms with Gasteiger partial charge in [-0.3, -0.25) is 4.79 Å². The van der Waals surface area contributed by atoms with Crippen LogP contribution in [0.2, 0.25) is 0 Å². The fourth-order valence-corrected chi connectivity index (χ4v) is 3.53. The number of carbonyl (C=O) groups excluding carboxylic acids is 1. The molecule has 0 bridgehead atoms. The molecule has 1 aromatic rings. The average molecular weight is 268 g/mol. The summed E-state index contributed by atoms with van der Waals surface area (Å²) in [5.74, 6) is 0.192. The average Bonchev–Trinajstić information content (AvgIpc) is 2.44. The van der Waals surface area contributed by atoms with E-state index >= 15 is 0 Å². The number of benzene rings is 1. The van der Waals surface area contributed by atoms with Gasteiger partial charge in [-0.25, -0.2) is 0 Å². The predicted molar refractivity (Wildman–Crippen MR) is 79.2 cm³/mol. The van der Waals surface area contributed by atoms with Gasteiger partial charge in [0, 0.05) is 5.92 Å². The molecule has 1 heterocycles. The number of allylic oxidation sites excluding steroid dienone is 2. The third-order valence-corrected chi connectivity index (χ3v) is 4.47. The van der Waals surface area contributed by atoms with Gasteiger partial charge in [0.15, 0.2) is 0 Å². The Morgan fingerprint density at radius 1 is 1.30 bits per heavy atom. The maximum atomic E-state index is 12.2. The molecule has 1 saturated heterocycles. The SMILES string of the molecule is CC1=C2[C@@H](Cc3ccccc3)COC(=O)[C@@]2(C)C=CC1. The number of cyclic esters (lactones) is 1. The van der Waals surface area contributed by atoms with Crippen molar-refractivity contribution >= 4 is 5.97 Å². The van der Waals surface area contributed by atoms with E-state index in [-0.39, 0.29) is 5.97 Å². The quantitative estimate of drug-likeness (QED) is 0.604. The van der Waals surface area contributed by atoms with Crippen molar-refractivity contribution in [2.45, 2.75) is 26.7 Å². The molecule has 0 spiro atoms. The van der Waals surface area contributed by atoms with E-state index in [9.17, 15) is 4.79 Å². The minimum absolute atomic E-state index is 0.105. The molecule has 1 aromatic carbocycles. The van der Waals surface area contributed by atoms with Crippen molar-refractivity contribution in [3.05, 3.63) is 59.2 Å². The van der Waals surface area contributed by atoms with Crippen LogP contribution in [0.4, 0.5) is 0 Å². The van der Waals surface area contributed by atoms with Crippen molar-refractivity contribution in [1.82, 2.24) is 0 Å². The summed E-state index contributed by atoms with van der Waals surface area (Å²) < 4.78 is 5.46. The number of ether oxygens (including phenoxy) is 1. The van der Waals surface area contributed by atoms with Crippen LogP contribution in [0.15, 0.2) is 53.6 Å². The molecule has 0 aromatic heterocycles. The van der Waals surface area contributed by atoms with E-state index in [0.29, 0.717) is 12.5 Å². The second-order valence-electron chi connectivity index (χ2n) is 5.99. The minimum Gasteiger partial charge on any atom is -0.464 e. The zero-order valence-corrected chi connectivity index (χ0v) is 12.1. The Labute approximate surface area is 120 Å². The molecule has 0 radical (unpaired) electrons. The van der Waals surface area contributed by atoms with Gasteiger partial charge in [0.1, 0.15) is 5.41 Å². The first kappa shape index (κ1) is 13.2. The van der Waals surface area contributed by atoms with Gasteiger partial charge in [-0.05, 0) is 37.8 Å². The lowest BCUT2D eigenvalue weighted by atomic mass is 9.68. The van der Waals surface area contributed by atoms with E-state index in [2.05, 4.69) is 37.3 Å². The van der Waals surface area contributed by atoms with Crippen LogP contribution in [0, 0.1) is 11.3 Å². The standard InChI is InChI=1S/C18H20O2/c1-13-7-6-10-18(2)16(13)15(12-20-17(18)19)11-14-8-4-3-5-9-14/h3-6,8-10,15H,7,11-12H2,1-2H3/t15-,18-/m0/s1. The van der Waals surface area contributed by atoms with Gasteiger partial charge >= 0.3 is 5.97 Å². The molecule has 0 amide bonds. The summed E-state index contributed by atoms with van der Waals surface area (Å²) >= 11 is 0. The van der Waals surface area contributed by atoms with Gasteiger partial charge in [0.25, 0.3) is 0 Å². The third kappa shape index (κ3) is 2.09. The molecular weight excluding hydrogens is 248 g/mol. The molecular formula is C18H20O2. The van der Waals surface area contributed by atoms with Gasteiger partial charge in [-0.2, -0.15) is 0 Å². The summed E-state index contributed by atoms with van der Waals surface area (Å²) in [6.07, 6.45) is 5.99. The number of hydrogen-bond donors (Lipinski definition) is 0. The van der Waals surface area contributed by atoms with Crippen molar-refractivity contribution in [2.75, 3.05) is 6.61 Å². The van der Waals surface area contributed by atoms with Crippen LogP contribution in [0.1, 0.15) is 25.8 Å². The van der Waals surface area contributed by atoms with Crippen LogP contribution in [0.25, 0.3) is 0 Å². The molecule has 0 unspecified atom stereocenters. The Hall–Kier alpha value is -1.83. The molecule has 104 valence electrons. The Morgan fingerprint density at radius 3 is 2.80 bits per heavy atom. The van der Waals surface area contributed by atoms with Gasteiger partial charge in [-0.1, -0.05) is 48.1 Å². The Morgan fingerprint density at radius 2 is 2.05 bits per heavy atom. The fraction of sp³-hybridized carbons (Fsp3) is 0.389. The summed E-state index contributed by atoms with van der Waals surface area (Å²) in [7, 11) is 0. The van der Waals surface area contributed by atoms with Crippen LogP contribution >= 0.6 is 0 Å². The Balaban J connectivity index is 1.95. The van der Waals surface area contributed by atoms with Crippen LogP contribution in [-0.4, -0.2) is 12.6 Å². The predicted octanol–water partition coefficient (Wildman–Crippen LogP) is 3.68. The van der Waals surface area contributed by atoms with Crippen molar-refractivity contribution < 1.29 is 9.53 Å². The molecule has 1 fully saturated rings. The van der Waals surface area contributed by atoms with E-state index in [1.807, 2.05) is 19.1 Å². The molecule has 0 N–H and O–H groups in total. The van der Waals surface area contributed by atoms with Crippen molar-refractivity contribution in [3.63, 3.8) is 0 Å². The molecule has 2 nitrogen and oxygen atoms in total. The van der Waals surface area contributed by atoms with Crippen LogP contribution in [0.5, 0.6) is 0 Å². The smallest absolute Gasteiger partial charge is 0.319 e. The maximum absolute atomic E-state index is 12.2. The number of fused-ring (bicyclic) bond motifs is 1. The highest BCUT2D eigenvalue weighted by Crippen LogP contribution is 2.45. The molecule has 2 aliphatic rings. The zero-order valence-electron chi connectivity index (χ0n) is 12.1. The highest BCUT2D eigenvalue weighted by atomic mass is 16.5. The molecule has 0 saturated carbocycles. The summed E-state index contributed by atoms with van der Waals surface area (Å²) in [4.78, 5) is 12.2. The maximum Gasteiger partial charge on any atom is 0.319 e. The summed E-state index contributed by atoms with van der Waals surface area (Å²) in [5.41, 5.74) is 3.35. The number of carbonyl (C=O) groups is 1. The normalized spacial score (nSPS) is 29.1. The van der Waals surface area contributed by atoms with E-state index in [0.717, 1.165) is 12.8 Å². The Kier molecular flexibility index (Phi) is 3.25. The van der Waals surface area contributed by atoms with Crippen molar-refractivity contribution in [2.24, 2.45) is 11.3 Å². The lowest BCUT2D eigenvalue weighted by molar-refractivity contribution is -0.155. The topological polar surface area (TPSA) is 26.3 Å². The highest BCUT2D eigenvalue weighted by molar-refractivity contribution is 5.84. The van der Waals surface area contributed by atoms with Crippen LogP contribution in [-0.2, 0) is 16.0 Å². The second-order valence-corrected chi connectivity index (χ2v) is 5.99. The molecule has 2 heteroatoms. The van der Waals surface area contributed by atoms with Gasteiger partial charge in [-0.15, -0.1) is 0 Å². The fourth-order valence-electron chi connectivity index (χ4n) is 3.53. The lowest BCUT2D eigenvalue weighted by Crippen LogP contribution is -2.42. The first-order valence-electron chi connectivity index (χ1n) is 7.20. The minimum atomic E-state index is -0.556. The van der Waals surface area contributed by atoms with Gasteiger partial charge < -0.3 is 4.74 Å². The third-order valence-electron chi connectivity index (χ3n) is 4.47. The summed E-state index contributed by atoms with van der Waals surface area (Å²) in [5, 5.41) is 0.